The average Bonchev–Trinajstić information content (AvgIpc) is 3.49. The molecule has 1 unspecified atom stereocenters. The smallest absolute Gasteiger partial charge is 0.306 e. The maximum absolute atomic E-state index is 12.9. The highest BCUT2D eigenvalue weighted by Gasteiger charge is 2.19. The van der Waals surface area contributed by atoms with Crippen molar-refractivity contribution in [3.8, 4) is 0 Å². The van der Waals surface area contributed by atoms with Gasteiger partial charge in [-0.1, -0.05) is 303 Å². The van der Waals surface area contributed by atoms with Gasteiger partial charge in [0.15, 0.2) is 6.10 Å². The van der Waals surface area contributed by atoms with Gasteiger partial charge in [-0.2, -0.15) is 0 Å². The Labute approximate surface area is 513 Å². The van der Waals surface area contributed by atoms with Gasteiger partial charge in [-0.15, -0.1) is 0 Å². The summed E-state index contributed by atoms with van der Waals surface area (Å²) in [7, 11) is 0. The van der Waals surface area contributed by atoms with Gasteiger partial charge in [-0.3, -0.25) is 14.4 Å². The largest absolute Gasteiger partial charge is 0.462 e. The summed E-state index contributed by atoms with van der Waals surface area (Å²) in [6.07, 6.45) is 97.9. The predicted octanol–water partition coefficient (Wildman–Crippen LogP) is 24.3. The van der Waals surface area contributed by atoms with Crippen LogP contribution in [0.4, 0.5) is 0 Å². The van der Waals surface area contributed by atoms with Gasteiger partial charge in [0.2, 0.25) is 0 Å². The predicted molar refractivity (Wildman–Crippen MR) is 362 cm³/mol. The molecule has 0 spiro atoms. The normalized spacial score (nSPS) is 12.9. The third kappa shape index (κ3) is 68.5. The van der Waals surface area contributed by atoms with Gasteiger partial charge < -0.3 is 14.2 Å². The van der Waals surface area contributed by atoms with E-state index in [1.54, 1.807) is 0 Å². The quantitative estimate of drug-likeness (QED) is 0.0261. The third-order valence-electron chi connectivity index (χ3n) is 14.9. The summed E-state index contributed by atoms with van der Waals surface area (Å²) in [6.45, 7) is 6.49. The molecule has 0 bridgehead atoms. The summed E-state index contributed by atoms with van der Waals surface area (Å²) in [5.74, 6) is -0.897. The monoisotopic (exact) mass is 1150 g/mol. The van der Waals surface area contributed by atoms with Crippen LogP contribution in [0, 0.1) is 0 Å². The minimum Gasteiger partial charge on any atom is -0.462 e. The first-order chi connectivity index (χ1) is 41.0. The van der Waals surface area contributed by atoms with E-state index >= 15 is 0 Å². The van der Waals surface area contributed by atoms with E-state index in [1.165, 1.54) is 161 Å². The number of hydrogen-bond donors (Lipinski definition) is 0. The number of rotatable bonds is 63. The summed E-state index contributed by atoms with van der Waals surface area (Å²) in [5.41, 5.74) is 0. The second-order valence-corrected chi connectivity index (χ2v) is 23.1. The minimum absolute atomic E-state index is 0.0858. The van der Waals surface area contributed by atoms with E-state index < -0.39 is 6.10 Å². The number of carbonyl (C=O) groups excluding carboxylic acids is 3. The Hall–Kier alpha value is -4.19. The molecule has 83 heavy (non-hydrogen) atoms. The minimum atomic E-state index is -0.790. The van der Waals surface area contributed by atoms with Crippen molar-refractivity contribution in [3.63, 3.8) is 0 Å². The van der Waals surface area contributed by atoms with Crippen molar-refractivity contribution in [1.29, 1.82) is 0 Å². The van der Waals surface area contributed by atoms with Crippen LogP contribution in [-0.4, -0.2) is 37.2 Å². The molecule has 0 fully saturated rings. The molecule has 0 saturated carbocycles. The van der Waals surface area contributed by atoms with E-state index in [-0.39, 0.29) is 31.1 Å². The lowest BCUT2D eigenvalue weighted by atomic mass is 10.0. The van der Waals surface area contributed by atoms with Crippen LogP contribution in [0.2, 0.25) is 0 Å². The Morgan fingerprint density at radius 2 is 0.482 bits per heavy atom. The topological polar surface area (TPSA) is 78.9 Å². The Morgan fingerprint density at radius 3 is 0.783 bits per heavy atom. The molecule has 0 aromatic carbocycles. The maximum atomic E-state index is 12.9. The van der Waals surface area contributed by atoms with E-state index in [4.69, 9.17) is 14.2 Å². The molecule has 0 aromatic rings. The molecule has 0 saturated heterocycles. The van der Waals surface area contributed by atoms with Gasteiger partial charge in [0.1, 0.15) is 13.2 Å². The molecule has 0 aliphatic rings. The molecule has 0 radical (unpaired) electrons. The van der Waals surface area contributed by atoms with Crippen molar-refractivity contribution in [1.82, 2.24) is 0 Å². The highest BCUT2D eigenvalue weighted by atomic mass is 16.6. The van der Waals surface area contributed by atoms with Crippen LogP contribution in [-0.2, 0) is 28.6 Å². The lowest BCUT2D eigenvalue weighted by Gasteiger charge is -2.18. The van der Waals surface area contributed by atoms with Crippen molar-refractivity contribution < 1.29 is 28.6 Å². The molecule has 474 valence electrons. The number of unbranched alkanes of at least 4 members (excludes halogenated alkanes) is 32. The van der Waals surface area contributed by atoms with Crippen LogP contribution in [0.15, 0.2) is 122 Å². The van der Waals surface area contributed by atoms with Crippen LogP contribution in [0.5, 0.6) is 0 Å². The highest BCUT2D eigenvalue weighted by molar-refractivity contribution is 5.71. The van der Waals surface area contributed by atoms with E-state index in [0.29, 0.717) is 19.3 Å². The zero-order valence-electron chi connectivity index (χ0n) is 54.4. The first-order valence-electron chi connectivity index (χ1n) is 35.0. The first kappa shape index (κ1) is 78.8. The molecular weight excluding hydrogens is 1020 g/mol. The van der Waals surface area contributed by atoms with Crippen LogP contribution in [0.3, 0.4) is 0 Å². The SMILES string of the molecule is CC/C=C\C/C=C\C/C=C\C/C=C\C/C=C\C/C=C\C/C=C\CCCCCCCCCCCCCC(=O)OCC(COC(=O)CCCCCCC/C=C\C/C=C\CCCC)OC(=O)CCCCCCCCC/C=C\CCCCCCCCC. The summed E-state index contributed by atoms with van der Waals surface area (Å²) in [5, 5.41) is 0. The van der Waals surface area contributed by atoms with Crippen LogP contribution in [0.25, 0.3) is 0 Å². The first-order valence-corrected chi connectivity index (χ1v) is 35.0. The van der Waals surface area contributed by atoms with Gasteiger partial charge in [0.05, 0.1) is 0 Å². The number of carbonyl (C=O) groups is 3. The summed E-state index contributed by atoms with van der Waals surface area (Å²) >= 11 is 0. The number of esters is 3. The molecule has 1 atom stereocenters. The lowest BCUT2D eigenvalue weighted by molar-refractivity contribution is -0.167. The fourth-order valence-electron chi connectivity index (χ4n) is 9.67. The maximum Gasteiger partial charge on any atom is 0.306 e. The van der Waals surface area contributed by atoms with E-state index in [1.807, 2.05) is 0 Å². The van der Waals surface area contributed by atoms with Crippen molar-refractivity contribution in [2.24, 2.45) is 0 Å². The zero-order chi connectivity index (χ0) is 59.9. The van der Waals surface area contributed by atoms with Crippen LogP contribution < -0.4 is 0 Å². The van der Waals surface area contributed by atoms with Gasteiger partial charge >= 0.3 is 17.9 Å². The second-order valence-electron chi connectivity index (χ2n) is 23.1. The number of hydrogen-bond acceptors (Lipinski definition) is 6. The van der Waals surface area contributed by atoms with Gasteiger partial charge in [-0.25, -0.2) is 0 Å². The van der Waals surface area contributed by atoms with E-state index in [9.17, 15) is 14.4 Å². The summed E-state index contributed by atoms with van der Waals surface area (Å²) in [6, 6.07) is 0. The van der Waals surface area contributed by atoms with Crippen LogP contribution >= 0.6 is 0 Å². The Kier molecular flexibility index (Phi) is 66.7. The van der Waals surface area contributed by atoms with Crippen molar-refractivity contribution >= 4 is 17.9 Å². The van der Waals surface area contributed by atoms with Crippen molar-refractivity contribution in [2.45, 2.75) is 335 Å². The molecule has 0 rings (SSSR count). The van der Waals surface area contributed by atoms with Crippen molar-refractivity contribution in [2.75, 3.05) is 13.2 Å². The molecule has 6 heteroatoms. The van der Waals surface area contributed by atoms with Crippen LogP contribution in [0.1, 0.15) is 329 Å². The molecule has 0 aromatic heterocycles. The van der Waals surface area contributed by atoms with Crippen molar-refractivity contribution in [3.05, 3.63) is 122 Å². The molecular formula is C77H130O6. The highest BCUT2D eigenvalue weighted by Crippen LogP contribution is 2.16. The average molecular weight is 1150 g/mol. The molecule has 0 N–H and O–H groups in total. The fourth-order valence-corrected chi connectivity index (χ4v) is 9.67. The number of allylic oxidation sites excluding steroid dienone is 20. The standard InChI is InChI=1S/C77H130O6/c1-4-7-10-13-16-19-22-25-28-30-32-33-34-35-36-37-38-39-40-41-42-43-44-45-46-48-49-52-55-58-61-64-67-70-76(79)82-73-74(72-81-75(78)69-66-63-60-57-54-51-27-24-21-18-15-12-9-6-3)83-77(80)71-68-65-62-59-56-53-50-47-31-29-26-23-20-17-14-11-8-5-2/h7,10,15-16,18-19,24-25,27-29,31-33,35-36,38-39,41-42,74H,4-6,8-9,11-14,17,20-23,26,30,34,37,40,43-73H2,1-3H3/b10-7-,18-15-,19-16-,27-24-,28-25-,31-29-,33-32-,36-35-,39-38-,42-41-. The fraction of sp³-hybridized carbons (Fsp3) is 0.701. The molecule has 0 heterocycles. The van der Waals surface area contributed by atoms with Gasteiger partial charge in [0, 0.05) is 19.3 Å². The number of ether oxygens (including phenoxy) is 3. The summed E-state index contributed by atoms with van der Waals surface area (Å²) in [4.78, 5) is 38.4. The van der Waals surface area contributed by atoms with Gasteiger partial charge in [-0.05, 0) is 128 Å². The second kappa shape index (κ2) is 70.3. The molecule has 6 nitrogen and oxygen atoms in total. The van der Waals surface area contributed by atoms with E-state index in [0.717, 1.165) is 128 Å². The van der Waals surface area contributed by atoms with Gasteiger partial charge in [0.25, 0.3) is 0 Å². The Morgan fingerprint density at radius 1 is 0.253 bits per heavy atom. The Balaban J connectivity index is 4.27. The molecule has 0 amide bonds. The lowest BCUT2D eigenvalue weighted by Crippen LogP contribution is -2.30. The third-order valence-corrected chi connectivity index (χ3v) is 14.9. The zero-order valence-corrected chi connectivity index (χ0v) is 54.4. The Bertz CT molecular complexity index is 1700. The molecule has 0 aliphatic heterocycles. The summed E-state index contributed by atoms with van der Waals surface area (Å²) < 4.78 is 17.0. The van der Waals surface area contributed by atoms with E-state index in [2.05, 4.69) is 142 Å². The molecule has 0 aliphatic carbocycles.